The second kappa shape index (κ2) is 5.60. The molecule has 0 radical (unpaired) electrons. The summed E-state index contributed by atoms with van der Waals surface area (Å²) in [6.07, 6.45) is 6.24. The standard InChI is InChI=1S/C15H18N2O3S/c1-3-10(15(19)20-2)17-8-16-13-12(14(17)18)9-6-4-5-7-11(9)21-13/h8,10H,3-7H2,1-2H3/t10-/m1/s1. The van der Waals surface area contributed by atoms with Crippen molar-refractivity contribution in [2.75, 3.05) is 7.11 Å². The molecule has 0 N–H and O–H groups in total. The summed E-state index contributed by atoms with van der Waals surface area (Å²) in [4.78, 5) is 31.1. The topological polar surface area (TPSA) is 61.2 Å². The highest BCUT2D eigenvalue weighted by atomic mass is 32.1. The third-order valence-corrected chi connectivity index (χ3v) is 5.30. The number of hydrogen-bond donors (Lipinski definition) is 0. The molecule has 0 spiro atoms. The van der Waals surface area contributed by atoms with Gasteiger partial charge in [-0.2, -0.15) is 0 Å². The molecule has 2 heterocycles. The van der Waals surface area contributed by atoms with Crippen molar-refractivity contribution in [3.63, 3.8) is 0 Å². The van der Waals surface area contributed by atoms with Crippen LogP contribution in [0, 0.1) is 0 Å². The van der Waals surface area contributed by atoms with E-state index in [-0.39, 0.29) is 5.56 Å². The van der Waals surface area contributed by atoms with E-state index >= 15 is 0 Å². The lowest BCUT2D eigenvalue weighted by atomic mass is 9.97. The number of aromatic nitrogens is 2. The normalized spacial score (nSPS) is 15.7. The summed E-state index contributed by atoms with van der Waals surface area (Å²) in [7, 11) is 1.34. The van der Waals surface area contributed by atoms with Crippen molar-refractivity contribution >= 4 is 27.5 Å². The Kier molecular flexibility index (Phi) is 3.80. The second-order valence-corrected chi connectivity index (χ2v) is 6.38. The Morgan fingerprint density at radius 3 is 2.95 bits per heavy atom. The molecule has 2 aromatic heterocycles. The molecule has 21 heavy (non-hydrogen) atoms. The van der Waals surface area contributed by atoms with Gasteiger partial charge >= 0.3 is 5.97 Å². The maximum Gasteiger partial charge on any atom is 0.329 e. The first-order valence-electron chi connectivity index (χ1n) is 7.26. The summed E-state index contributed by atoms with van der Waals surface area (Å²) in [6.45, 7) is 1.86. The van der Waals surface area contributed by atoms with Gasteiger partial charge in [-0.1, -0.05) is 6.92 Å². The van der Waals surface area contributed by atoms with E-state index < -0.39 is 12.0 Å². The van der Waals surface area contributed by atoms with Crippen LogP contribution >= 0.6 is 11.3 Å². The van der Waals surface area contributed by atoms with Gasteiger partial charge in [0.15, 0.2) is 0 Å². The second-order valence-electron chi connectivity index (χ2n) is 5.30. The number of thiophene rings is 1. The van der Waals surface area contributed by atoms with Crippen molar-refractivity contribution in [2.24, 2.45) is 0 Å². The molecule has 1 aliphatic rings. The van der Waals surface area contributed by atoms with Gasteiger partial charge in [-0.3, -0.25) is 9.36 Å². The van der Waals surface area contributed by atoms with Crippen molar-refractivity contribution in [2.45, 2.75) is 45.1 Å². The predicted octanol–water partition coefficient (Wildman–Crippen LogP) is 2.46. The Morgan fingerprint density at radius 2 is 2.24 bits per heavy atom. The van der Waals surface area contributed by atoms with Crippen molar-refractivity contribution < 1.29 is 9.53 Å². The van der Waals surface area contributed by atoms with Crippen molar-refractivity contribution in [3.8, 4) is 0 Å². The Morgan fingerprint density at radius 1 is 1.48 bits per heavy atom. The van der Waals surface area contributed by atoms with E-state index in [1.165, 1.54) is 29.3 Å². The van der Waals surface area contributed by atoms with Gasteiger partial charge in [0.2, 0.25) is 0 Å². The first kappa shape index (κ1) is 14.3. The zero-order valence-electron chi connectivity index (χ0n) is 12.2. The van der Waals surface area contributed by atoms with Gasteiger partial charge in [0.1, 0.15) is 10.9 Å². The Labute approximate surface area is 126 Å². The third-order valence-electron chi connectivity index (χ3n) is 4.10. The van der Waals surface area contributed by atoms with E-state index in [1.807, 2.05) is 6.92 Å². The molecule has 0 unspecified atom stereocenters. The molecule has 0 fully saturated rings. The lowest BCUT2D eigenvalue weighted by Gasteiger charge is -2.15. The van der Waals surface area contributed by atoms with Crippen LogP contribution in [0.5, 0.6) is 0 Å². The Bertz CT molecular complexity index is 747. The summed E-state index contributed by atoms with van der Waals surface area (Å²) in [5.74, 6) is -0.398. The molecule has 3 rings (SSSR count). The summed E-state index contributed by atoms with van der Waals surface area (Å²) >= 11 is 1.62. The van der Waals surface area contributed by atoms with Crippen LogP contribution in [0.4, 0.5) is 0 Å². The van der Waals surface area contributed by atoms with Gasteiger partial charge in [0.25, 0.3) is 5.56 Å². The Hall–Kier alpha value is -1.69. The predicted molar refractivity (Wildman–Crippen MR) is 81.9 cm³/mol. The molecular weight excluding hydrogens is 288 g/mol. The minimum Gasteiger partial charge on any atom is -0.467 e. The molecule has 2 aromatic rings. The molecule has 0 saturated heterocycles. The molecule has 0 amide bonds. The number of fused-ring (bicyclic) bond motifs is 3. The lowest BCUT2D eigenvalue weighted by Crippen LogP contribution is -2.30. The zero-order chi connectivity index (χ0) is 15.0. The number of esters is 1. The quantitative estimate of drug-likeness (QED) is 0.817. The highest BCUT2D eigenvalue weighted by molar-refractivity contribution is 7.18. The summed E-state index contributed by atoms with van der Waals surface area (Å²) in [5.41, 5.74) is 1.03. The molecule has 1 atom stereocenters. The minimum atomic E-state index is -0.599. The van der Waals surface area contributed by atoms with Gasteiger partial charge in [0, 0.05) is 4.88 Å². The minimum absolute atomic E-state index is 0.114. The number of nitrogens with zero attached hydrogens (tertiary/aromatic N) is 2. The lowest BCUT2D eigenvalue weighted by molar-refractivity contribution is -0.144. The van der Waals surface area contributed by atoms with Gasteiger partial charge in [-0.05, 0) is 37.7 Å². The summed E-state index contributed by atoms with van der Waals surface area (Å²) < 4.78 is 6.22. The number of methoxy groups -OCH3 is 1. The van der Waals surface area contributed by atoms with E-state index in [0.29, 0.717) is 11.8 Å². The number of carbonyl (C=O) groups is 1. The van der Waals surface area contributed by atoms with Gasteiger partial charge < -0.3 is 4.74 Å². The number of aryl methyl sites for hydroxylation is 2. The van der Waals surface area contributed by atoms with Gasteiger partial charge in [0.05, 0.1) is 18.8 Å². The highest BCUT2D eigenvalue weighted by Crippen LogP contribution is 2.33. The molecule has 6 heteroatoms. The monoisotopic (exact) mass is 306 g/mol. The van der Waals surface area contributed by atoms with Crippen LogP contribution in [-0.2, 0) is 22.4 Å². The summed E-state index contributed by atoms with van der Waals surface area (Å²) in [6, 6.07) is -0.599. The fraction of sp³-hybridized carbons (Fsp3) is 0.533. The van der Waals surface area contributed by atoms with Gasteiger partial charge in [-0.25, -0.2) is 9.78 Å². The number of ether oxygens (including phenoxy) is 1. The van der Waals surface area contributed by atoms with E-state index in [1.54, 1.807) is 11.3 Å². The van der Waals surface area contributed by atoms with E-state index in [4.69, 9.17) is 4.74 Å². The van der Waals surface area contributed by atoms with Crippen molar-refractivity contribution in [1.82, 2.24) is 9.55 Å². The average molecular weight is 306 g/mol. The highest BCUT2D eigenvalue weighted by Gasteiger charge is 2.25. The molecular formula is C15H18N2O3S. The average Bonchev–Trinajstić information content (AvgIpc) is 2.89. The zero-order valence-corrected chi connectivity index (χ0v) is 13.0. The van der Waals surface area contributed by atoms with Gasteiger partial charge in [-0.15, -0.1) is 11.3 Å². The van der Waals surface area contributed by atoms with E-state index in [2.05, 4.69) is 4.98 Å². The largest absolute Gasteiger partial charge is 0.467 e. The number of hydrogen-bond acceptors (Lipinski definition) is 5. The maximum absolute atomic E-state index is 12.8. The smallest absolute Gasteiger partial charge is 0.329 e. The third kappa shape index (κ3) is 2.27. The van der Waals surface area contributed by atoms with Crippen LogP contribution in [0.2, 0.25) is 0 Å². The number of rotatable bonds is 3. The Balaban J connectivity index is 2.20. The van der Waals surface area contributed by atoms with Crippen LogP contribution in [0.1, 0.15) is 42.7 Å². The van der Waals surface area contributed by atoms with E-state index in [0.717, 1.165) is 29.7 Å². The molecule has 1 aliphatic carbocycles. The fourth-order valence-corrected chi connectivity index (χ4v) is 4.21. The van der Waals surface area contributed by atoms with E-state index in [9.17, 15) is 9.59 Å². The first-order chi connectivity index (χ1) is 10.2. The van der Waals surface area contributed by atoms with Crippen molar-refractivity contribution in [1.29, 1.82) is 0 Å². The molecule has 112 valence electrons. The molecule has 5 nitrogen and oxygen atoms in total. The maximum atomic E-state index is 12.8. The molecule has 0 aromatic carbocycles. The molecule has 0 saturated carbocycles. The van der Waals surface area contributed by atoms with Crippen LogP contribution in [0.25, 0.3) is 10.2 Å². The molecule has 0 bridgehead atoms. The SMILES string of the molecule is CC[C@H](C(=O)OC)n1cnc2sc3c(c2c1=O)CCCC3. The van der Waals surface area contributed by atoms with Crippen LogP contribution < -0.4 is 5.56 Å². The van der Waals surface area contributed by atoms with Crippen LogP contribution in [0.3, 0.4) is 0 Å². The van der Waals surface area contributed by atoms with Crippen molar-refractivity contribution in [3.05, 3.63) is 27.1 Å². The number of carbonyl (C=O) groups excluding carboxylic acids is 1. The van der Waals surface area contributed by atoms with Crippen LogP contribution in [-0.4, -0.2) is 22.6 Å². The summed E-state index contributed by atoms with van der Waals surface area (Å²) in [5, 5.41) is 0.708. The van der Waals surface area contributed by atoms with Crippen LogP contribution in [0.15, 0.2) is 11.1 Å². The fourth-order valence-electron chi connectivity index (χ4n) is 2.99. The first-order valence-corrected chi connectivity index (χ1v) is 8.08. The molecule has 0 aliphatic heterocycles.